The van der Waals surface area contributed by atoms with Crippen molar-refractivity contribution in [2.45, 2.75) is 51.2 Å². The number of nitrogens with zero attached hydrogens (tertiary/aromatic N) is 1. The third kappa shape index (κ3) is 2.51. The topological polar surface area (TPSA) is 12.5 Å². The number of para-hydroxylation sites is 1. The minimum absolute atomic E-state index is 0.175. The van der Waals surface area contributed by atoms with Gasteiger partial charge in [-0.15, -0.1) is 0 Å². The van der Waals surface area contributed by atoms with Gasteiger partial charge in [0.15, 0.2) is 0 Å². The van der Waals surface area contributed by atoms with Crippen molar-refractivity contribution < 1.29 is 4.84 Å². The molecule has 2 saturated carbocycles. The van der Waals surface area contributed by atoms with Gasteiger partial charge in [0.05, 0.1) is 5.69 Å². The summed E-state index contributed by atoms with van der Waals surface area (Å²) in [5.41, 5.74) is 5.43. The Morgan fingerprint density at radius 3 is 2.04 bits per heavy atom. The summed E-state index contributed by atoms with van der Waals surface area (Å²) in [6, 6.07) is 21.6. The lowest BCUT2D eigenvalue weighted by atomic mass is 9.87. The molecule has 3 aliphatic rings. The summed E-state index contributed by atoms with van der Waals surface area (Å²) in [5.74, 6) is 1.62. The molecule has 1 aliphatic heterocycles. The maximum Gasteiger partial charge on any atom is 0.114 e. The van der Waals surface area contributed by atoms with E-state index in [1.165, 1.54) is 36.8 Å². The monoisotopic (exact) mass is 345 g/mol. The quantitative estimate of drug-likeness (QED) is 0.612. The van der Waals surface area contributed by atoms with E-state index in [-0.39, 0.29) is 11.6 Å². The number of allylic oxidation sites excluding steroid dienone is 1. The summed E-state index contributed by atoms with van der Waals surface area (Å²) in [5, 5.41) is 2.15. The first kappa shape index (κ1) is 16.1. The van der Waals surface area contributed by atoms with Crippen molar-refractivity contribution in [3.8, 4) is 0 Å². The van der Waals surface area contributed by atoms with Gasteiger partial charge in [0, 0.05) is 0 Å². The molecule has 0 aromatic heterocycles. The van der Waals surface area contributed by atoms with Gasteiger partial charge in [-0.05, 0) is 61.8 Å². The predicted octanol–water partition coefficient (Wildman–Crippen LogP) is 6.07. The molecule has 3 unspecified atom stereocenters. The van der Waals surface area contributed by atoms with Gasteiger partial charge in [-0.2, -0.15) is 0 Å². The number of rotatable bonds is 2. The molecular weight excluding hydrogens is 318 g/mol. The Hall–Kier alpha value is -2.06. The Kier molecular flexibility index (Phi) is 3.72. The zero-order chi connectivity index (χ0) is 17.7. The molecule has 0 spiro atoms. The van der Waals surface area contributed by atoms with E-state index in [4.69, 9.17) is 4.84 Å². The highest BCUT2D eigenvalue weighted by Crippen LogP contribution is 2.62. The van der Waals surface area contributed by atoms with Crippen LogP contribution in [0.2, 0.25) is 0 Å². The smallest absolute Gasteiger partial charge is 0.114 e. The van der Waals surface area contributed by atoms with E-state index in [2.05, 4.69) is 79.6 Å². The van der Waals surface area contributed by atoms with Crippen LogP contribution in [-0.4, -0.2) is 5.60 Å². The Labute approximate surface area is 156 Å². The molecule has 2 aliphatic carbocycles. The van der Waals surface area contributed by atoms with Crippen LogP contribution in [0.4, 0.5) is 5.69 Å². The second kappa shape index (κ2) is 5.99. The molecule has 1 saturated heterocycles. The molecule has 0 bridgehead atoms. The number of hydrogen-bond acceptors (Lipinski definition) is 2. The van der Waals surface area contributed by atoms with Gasteiger partial charge < -0.3 is 0 Å². The van der Waals surface area contributed by atoms with E-state index in [1.807, 2.05) is 0 Å². The number of fused-ring (bicyclic) bond motifs is 1. The third-order valence-electron chi connectivity index (χ3n) is 6.38. The molecule has 0 amide bonds. The van der Waals surface area contributed by atoms with Crippen molar-refractivity contribution in [2.75, 3.05) is 5.06 Å². The fraction of sp³-hybridized carbons (Fsp3) is 0.417. The van der Waals surface area contributed by atoms with Crippen LogP contribution >= 0.6 is 0 Å². The van der Waals surface area contributed by atoms with Gasteiger partial charge in [0.2, 0.25) is 0 Å². The van der Waals surface area contributed by atoms with Crippen LogP contribution in [0.3, 0.4) is 0 Å². The van der Waals surface area contributed by atoms with E-state index in [0.29, 0.717) is 0 Å². The molecule has 2 nitrogen and oxygen atoms in total. The van der Waals surface area contributed by atoms with Crippen molar-refractivity contribution >= 4 is 5.69 Å². The second-order valence-corrected chi connectivity index (χ2v) is 8.44. The minimum atomic E-state index is -0.261. The van der Waals surface area contributed by atoms with Crippen LogP contribution in [0.1, 0.15) is 51.1 Å². The SMILES string of the molecule is CC1(C)ON(c2ccccc2)C(c2ccccc2)C1=C1C2CCCCC12. The van der Waals surface area contributed by atoms with E-state index in [0.717, 1.165) is 17.5 Å². The highest BCUT2D eigenvalue weighted by Gasteiger charge is 2.55. The summed E-state index contributed by atoms with van der Waals surface area (Å²) in [6.45, 7) is 4.50. The van der Waals surface area contributed by atoms with Crippen LogP contribution < -0.4 is 5.06 Å². The van der Waals surface area contributed by atoms with E-state index >= 15 is 0 Å². The van der Waals surface area contributed by atoms with Gasteiger partial charge in [0.1, 0.15) is 11.6 Å². The normalized spacial score (nSPS) is 29.6. The Morgan fingerprint density at radius 2 is 1.42 bits per heavy atom. The molecule has 0 radical (unpaired) electrons. The Bertz CT molecular complexity index is 810. The highest BCUT2D eigenvalue weighted by molar-refractivity contribution is 5.56. The van der Waals surface area contributed by atoms with Gasteiger partial charge >= 0.3 is 0 Å². The number of anilines is 1. The zero-order valence-corrected chi connectivity index (χ0v) is 15.7. The van der Waals surface area contributed by atoms with Crippen LogP contribution in [-0.2, 0) is 4.84 Å². The van der Waals surface area contributed by atoms with Crippen molar-refractivity contribution in [3.63, 3.8) is 0 Å². The van der Waals surface area contributed by atoms with Gasteiger partial charge in [-0.25, -0.2) is 5.06 Å². The number of hydroxylamine groups is 1. The van der Waals surface area contributed by atoms with Gasteiger partial charge in [-0.3, -0.25) is 4.84 Å². The Morgan fingerprint density at radius 1 is 0.846 bits per heavy atom. The molecule has 2 aromatic rings. The molecule has 2 heteroatoms. The molecule has 3 atom stereocenters. The third-order valence-corrected chi connectivity index (χ3v) is 6.38. The summed E-state index contributed by atoms with van der Waals surface area (Å²) in [6.07, 6.45) is 5.51. The van der Waals surface area contributed by atoms with Crippen molar-refractivity contribution in [1.29, 1.82) is 0 Å². The summed E-state index contributed by atoms with van der Waals surface area (Å²) >= 11 is 0. The van der Waals surface area contributed by atoms with Crippen LogP contribution in [0.25, 0.3) is 0 Å². The summed E-state index contributed by atoms with van der Waals surface area (Å²) < 4.78 is 0. The molecule has 134 valence electrons. The van der Waals surface area contributed by atoms with Gasteiger partial charge in [0.25, 0.3) is 0 Å². The van der Waals surface area contributed by atoms with Crippen molar-refractivity contribution in [1.82, 2.24) is 0 Å². The standard InChI is InChI=1S/C24H27NO/c1-24(2)22(21-19-15-9-10-16-20(19)21)23(17-11-5-3-6-12-17)25(26-24)18-13-7-4-8-14-18/h3-8,11-14,19-20,23H,9-10,15-16H2,1-2H3. The first-order valence-corrected chi connectivity index (χ1v) is 9.99. The number of benzene rings is 2. The van der Waals surface area contributed by atoms with Crippen LogP contribution in [0.15, 0.2) is 71.8 Å². The lowest BCUT2D eigenvalue weighted by Gasteiger charge is -2.25. The average molecular weight is 345 g/mol. The first-order valence-electron chi connectivity index (χ1n) is 9.99. The lowest BCUT2D eigenvalue weighted by molar-refractivity contribution is 0.0301. The fourth-order valence-electron chi connectivity index (χ4n) is 5.23. The highest BCUT2D eigenvalue weighted by atomic mass is 16.7. The number of hydrogen-bond donors (Lipinski definition) is 0. The van der Waals surface area contributed by atoms with Crippen molar-refractivity contribution in [3.05, 3.63) is 77.4 Å². The maximum atomic E-state index is 6.60. The predicted molar refractivity (Wildman–Crippen MR) is 106 cm³/mol. The molecule has 5 rings (SSSR count). The molecule has 0 N–H and O–H groups in total. The minimum Gasteiger partial charge on any atom is -0.262 e. The second-order valence-electron chi connectivity index (χ2n) is 8.44. The molecule has 1 heterocycles. The van der Waals surface area contributed by atoms with E-state index in [1.54, 1.807) is 5.57 Å². The van der Waals surface area contributed by atoms with Crippen molar-refractivity contribution in [2.24, 2.45) is 11.8 Å². The van der Waals surface area contributed by atoms with Crippen LogP contribution in [0.5, 0.6) is 0 Å². The van der Waals surface area contributed by atoms with E-state index < -0.39 is 0 Å². The summed E-state index contributed by atoms with van der Waals surface area (Å²) in [7, 11) is 0. The van der Waals surface area contributed by atoms with Gasteiger partial charge in [-0.1, -0.05) is 66.9 Å². The average Bonchev–Trinajstić information content (AvgIpc) is 3.32. The van der Waals surface area contributed by atoms with Crippen LogP contribution in [0, 0.1) is 11.8 Å². The molecule has 3 fully saturated rings. The lowest BCUT2D eigenvalue weighted by Crippen LogP contribution is -2.25. The van der Waals surface area contributed by atoms with E-state index in [9.17, 15) is 0 Å². The fourth-order valence-corrected chi connectivity index (χ4v) is 5.23. The zero-order valence-electron chi connectivity index (χ0n) is 15.7. The first-order chi connectivity index (χ1) is 12.7. The summed E-state index contributed by atoms with van der Waals surface area (Å²) in [4.78, 5) is 6.60. The Balaban J connectivity index is 1.66. The molecule has 26 heavy (non-hydrogen) atoms. The maximum absolute atomic E-state index is 6.60. The molecule has 2 aromatic carbocycles. The largest absolute Gasteiger partial charge is 0.262 e. The molecular formula is C24H27NO.